The van der Waals surface area contributed by atoms with Gasteiger partial charge in [-0.25, -0.2) is 8.42 Å². The smallest absolute Gasteiger partial charge is 0.244 e. The van der Waals surface area contributed by atoms with E-state index in [1.165, 1.54) is 11.0 Å². The van der Waals surface area contributed by atoms with Crippen LogP contribution < -0.4 is 9.62 Å². The minimum atomic E-state index is -3.86. The largest absolute Gasteiger partial charge is 0.352 e. The van der Waals surface area contributed by atoms with Crippen LogP contribution in [0.2, 0.25) is 10.0 Å². The molecule has 0 radical (unpaired) electrons. The lowest BCUT2D eigenvalue weighted by molar-refractivity contribution is -0.140. The summed E-state index contributed by atoms with van der Waals surface area (Å²) in [5.74, 6) is -0.886. The number of hydrogen-bond donors (Lipinski definition) is 1. The molecule has 0 spiro atoms. The fourth-order valence-corrected chi connectivity index (χ4v) is 5.25. The lowest BCUT2D eigenvalue weighted by Crippen LogP contribution is -2.54. The van der Waals surface area contributed by atoms with Gasteiger partial charge in [-0.15, -0.1) is 0 Å². The number of sulfonamides is 1. The highest BCUT2D eigenvalue weighted by atomic mass is 35.5. The third-order valence-corrected chi connectivity index (χ3v) is 7.33. The van der Waals surface area contributed by atoms with Crippen LogP contribution in [0, 0.1) is 0 Å². The monoisotopic (exact) mass is 575 g/mol. The standard InChI is InChI=1S/C28H31Cl2N3O4S/c1-20(2)31-28(35)26(16-21-9-5-4-6-10-21)32(18-22-11-7-12-23(29)15-22)27(34)19-33(38(3,36)37)25-14-8-13-24(30)17-25/h4-15,17,20,26H,16,18-19H2,1-3H3,(H,31,35). The lowest BCUT2D eigenvalue weighted by atomic mass is 10.0. The first kappa shape index (κ1) is 29.5. The van der Waals surface area contributed by atoms with Crippen molar-refractivity contribution >= 4 is 50.7 Å². The fraction of sp³-hybridized carbons (Fsp3) is 0.286. The summed E-state index contributed by atoms with van der Waals surface area (Å²) in [7, 11) is -3.86. The van der Waals surface area contributed by atoms with E-state index in [2.05, 4.69) is 5.32 Å². The Balaban J connectivity index is 2.06. The van der Waals surface area contributed by atoms with Crippen LogP contribution in [0.1, 0.15) is 25.0 Å². The number of anilines is 1. The molecule has 1 atom stereocenters. The van der Waals surface area contributed by atoms with Gasteiger partial charge in [-0.3, -0.25) is 13.9 Å². The molecule has 0 bridgehead atoms. The van der Waals surface area contributed by atoms with Crippen molar-refractivity contribution in [1.29, 1.82) is 0 Å². The molecule has 38 heavy (non-hydrogen) atoms. The van der Waals surface area contributed by atoms with E-state index in [1.807, 2.05) is 44.2 Å². The molecule has 0 saturated heterocycles. The average Bonchev–Trinajstić information content (AvgIpc) is 2.84. The van der Waals surface area contributed by atoms with Crippen LogP contribution in [-0.2, 0) is 32.6 Å². The van der Waals surface area contributed by atoms with Crippen LogP contribution in [0.4, 0.5) is 5.69 Å². The second kappa shape index (κ2) is 13.1. The maximum absolute atomic E-state index is 13.9. The molecule has 2 amide bonds. The van der Waals surface area contributed by atoms with Crippen LogP contribution >= 0.6 is 23.2 Å². The van der Waals surface area contributed by atoms with Crippen LogP contribution in [0.5, 0.6) is 0 Å². The average molecular weight is 577 g/mol. The van der Waals surface area contributed by atoms with Gasteiger partial charge in [0, 0.05) is 29.1 Å². The zero-order valence-corrected chi connectivity index (χ0v) is 23.8. The normalized spacial score (nSPS) is 12.2. The molecule has 3 aromatic rings. The zero-order valence-electron chi connectivity index (χ0n) is 21.5. The number of hydrogen-bond acceptors (Lipinski definition) is 4. The van der Waals surface area contributed by atoms with E-state index in [9.17, 15) is 18.0 Å². The van der Waals surface area contributed by atoms with Crippen LogP contribution in [0.25, 0.3) is 0 Å². The van der Waals surface area contributed by atoms with E-state index in [4.69, 9.17) is 23.2 Å². The number of carbonyl (C=O) groups is 2. The van der Waals surface area contributed by atoms with Gasteiger partial charge >= 0.3 is 0 Å². The summed E-state index contributed by atoms with van der Waals surface area (Å²) in [6.07, 6.45) is 1.26. The van der Waals surface area contributed by atoms with Gasteiger partial charge in [0.15, 0.2) is 0 Å². The van der Waals surface area contributed by atoms with Gasteiger partial charge in [-0.05, 0) is 55.3 Å². The number of nitrogens with zero attached hydrogens (tertiary/aromatic N) is 2. The topological polar surface area (TPSA) is 86.8 Å². The molecule has 3 aromatic carbocycles. The van der Waals surface area contributed by atoms with Gasteiger partial charge in [0.25, 0.3) is 0 Å². The number of amides is 2. The quantitative estimate of drug-likeness (QED) is 0.351. The molecule has 3 rings (SSSR count). The van der Waals surface area contributed by atoms with E-state index in [1.54, 1.807) is 42.5 Å². The van der Waals surface area contributed by atoms with Crippen molar-refractivity contribution in [3.63, 3.8) is 0 Å². The summed E-state index contributed by atoms with van der Waals surface area (Å²) in [5, 5.41) is 3.73. The molecule has 10 heteroatoms. The maximum Gasteiger partial charge on any atom is 0.244 e. The summed E-state index contributed by atoms with van der Waals surface area (Å²) in [5.41, 5.74) is 1.81. The number of rotatable bonds is 11. The predicted molar refractivity (Wildman–Crippen MR) is 153 cm³/mol. The fourth-order valence-electron chi connectivity index (χ4n) is 4.01. The molecule has 0 heterocycles. The predicted octanol–water partition coefficient (Wildman–Crippen LogP) is 4.92. The highest BCUT2D eigenvalue weighted by molar-refractivity contribution is 7.92. The number of benzene rings is 3. The molecule has 0 aliphatic carbocycles. The lowest BCUT2D eigenvalue weighted by Gasteiger charge is -2.34. The van der Waals surface area contributed by atoms with Gasteiger partial charge in [-0.2, -0.15) is 0 Å². The molecule has 1 N–H and O–H groups in total. The SMILES string of the molecule is CC(C)NC(=O)C(Cc1ccccc1)N(Cc1cccc(Cl)c1)C(=O)CN(c1cccc(Cl)c1)S(C)(=O)=O. The summed E-state index contributed by atoms with van der Waals surface area (Å²) >= 11 is 12.3. The Morgan fingerprint density at radius 1 is 0.868 bits per heavy atom. The minimum Gasteiger partial charge on any atom is -0.352 e. The molecule has 1 unspecified atom stereocenters. The number of halogens is 2. The van der Waals surface area contributed by atoms with Gasteiger partial charge in [0.2, 0.25) is 21.8 Å². The Labute approximate surface area is 234 Å². The molecule has 0 saturated carbocycles. The van der Waals surface area contributed by atoms with Crippen molar-refractivity contribution < 1.29 is 18.0 Å². The van der Waals surface area contributed by atoms with Crippen LogP contribution in [0.15, 0.2) is 78.9 Å². The maximum atomic E-state index is 13.9. The number of carbonyl (C=O) groups excluding carboxylic acids is 2. The summed E-state index contributed by atoms with van der Waals surface area (Å²) in [6, 6.07) is 21.5. The van der Waals surface area contributed by atoms with Crippen molar-refractivity contribution in [3.8, 4) is 0 Å². The Hall–Kier alpha value is -3.07. The number of nitrogens with one attached hydrogen (secondary N) is 1. The van der Waals surface area contributed by atoms with Crippen LogP contribution in [-0.4, -0.2) is 50.0 Å². The second-order valence-corrected chi connectivity index (χ2v) is 12.0. The third-order valence-electron chi connectivity index (χ3n) is 5.72. The van der Waals surface area contributed by atoms with Crippen molar-refractivity contribution in [2.45, 2.75) is 38.9 Å². The molecular weight excluding hydrogens is 545 g/mol. The highest BCUT2D eigenvalue weighted by Crippen LogP contribution is 2.23. The van der Waals surface area contributed by atoms with Crippen molar-refractivity contribution in [1.82, 2.24) is 10.2 Å². The molecule has 0 fully saturated rings. The van der Waals surface area contributed by atoms with Crippen molar-refractivity contribution in [2.24, 2.45) is 0 Å². The first-order valence-corrected chi connectivity index (χ1v) is 14.7. The van der Waals surface area contributed by atoms with Gasteiger partial charge < -0.3 is 10.2 Å². The minimum absolute atomic E-state index is 0.0511. The van der Waals surface area contributed by atoms with E-state index < -0.39 is 28.5 Å². The Morgan fingerprint density at radius 2 is 1.47 bits per heavy atom. The summed E-state index contributed by atoms with van der Waals surface area (Å²) in [4.78, 5) is 28.8. The van der Waals surface area contributed by atoms with E-state index in [0.29, 0.717) is 15.6 Å². The Bertz CT molecular complexity index is 1370. The van der Waals surface area contributed by atoms with Gasteiger partial charge in [0.1, 0.15) is 12.6 Å². The van der Waals surface area contributed by atoms with Crippen LogP contribution in [0.3, 0.4) is 0 Å². The molecule has 0 aromatic heterocycles. The van der Waals surface area contributed by atoms with E-state index >= 15 is 0 Å². The van der Waals surface area contributed by atoms with Crippen molar-refractivity contribution in [2.75, 3.05) is 17.1 Å². The van der Waals surface area contributed by atoms with Gasteiger partial charge in [-0.1, -0.05) is 71.7 Å². The van der Waals surface area contributed by atoms with E-state index in [-0.39, 0.29) is 30.6 Å². The molecule has 0 aliphatic heterocycles. The first-order valence-electron chi connectivity index (χ1n) is 12.1. The molecule has 7 nitrogen and oxygen atoms in total. The molecule has 0 aliphatic rings. The Morgan fingerprint density at radius 3 is 2.05 bits per heavy atom. The molecule has 202 valence electrons. The highest BCUT2D eigenvalue weighted by Gasteiger charge is 2.33. The van der Waals surface area contributed by atoms with Crippen molar-refractivity contribution in [3.05, 3.63) is 100 Å². The van der Waals surface area contributed by atoms with Gasteiger partial charge in [0.05, 0.1) is 11.9 Å². The summed E-state index contributed by atoms with van der Waals surface area (Å²) < 4.78 is 26.5. The third kappa shape index (κ3) is 8.48. The summed E-state index contributed by atoms with van der Waals surface area (Å²) in [6.45, 7) is 3.21. The first-order chi connectivity index (χ1) is 17.9. The second-order valence-electron chi connectivity index (χ2n) is 9.27. The Kier molecular flexibility index (Phi) is 10.2. The zero-order chi connectivity index (χ0) is 27.9. The van der Waals surface area contributed by atoms with E-state index in [0.717, 1.165) is 16.1 Å². The molecular formula is C28H31Cl2N3O4S.